The Morgan fingerprint density at radius 2 is 2.22 bits per heavy atom. The number of nitrogens with one attached hydrogen (secondary N) is 2. The van der Waals surface area contributed by atoms with Gasteiger partial charge >= 0.3 is 0 Å². The van der Waals surface area contributed by atoms with Crippen LogP contribution in [0.4, 0.5) is 4.39 Å². The smallest absolute Gasteiger partial charge is 0.244 e. The second kappa shape index (κ2) is 8.47. The molecule has 6 nitrogen and oxygen atoms in total. The number of amides is 2. The molecule has 0 aromatic heterocycles. The lowest BCUT2D eigenvalue weighted by molar-refractivity contribution is -0.139. The molecule has 1 aromatic carbocycles. The van der Waals surface area contributed by atoms with Crippen molar-refractivity contribution in [3.8, 4) is 5.75 Å². The number of benzene rings is 1. The number of nitrogens with zero attached hydrogens (tertiary/aromatic N) is 1. The lowest BCUT2D eigenvalue weighted by Gasteiger charge is -2.34. The first-order chi connectivity index (χ1) is 11.1. The summed E-state index contributed by atoms with van der Waals surface area (Å²) in [5.41, 5.74) is 0. The first kappa shape index (κ1) is 17.2. The van der Waals surface area contributed by atoms with Gasteiger partial charge in [0.05, 0.1) is 6.61 Å². The average molecular weight is 323 g/mol. The average Bonchev–Trinajstić information content (AvgIpc) is 2.56. The molecular formula is C16H22FN3O3. The quantitative estimate of drug-likeness (QED) is 0.749. The van der Waals surface area contributed by atoms with Crippen LogP contribution < -0.4 is 15.4 Å². The largest absolute Gasteiger partial charge is 0.490 e. The van der Waals surface area contributed by atoms with Gasteiger partial charge in [0, 0.05) is 33.1 Å². The van der Waals surface area contributed by atoms with Crippen molar-refractivity contribution in [2.24, 2.45) is 0 Å². The molecule has 2 amide bonds. The third-order valence-corrected chi connectivity index (χ3v) is 3.67. The Morgan fingerprint density at radius 1 is 1.43 bits per heavy atom. The van der Waals surface area contributed by atoms with Crippen LogP contribution in [0.1, 0.15) is 13.3 Å². The normalized spacial score (nSPS) is 17.7. The lowest BCUT2D eigenvalue weighted by Crippen LogP contribution is -2.59. The standard InChI is InChI=1S/C16H22FN3O3/c1-12(21)20-9-8-18-11-14(20)16(22)19-7-4-10-23-15-6-3-2-5-13(15)17/h2-3,5-6,14,18H,4,7-11H2,1H3,(H,19,22). The highest BCUT2D eigenvalue weighted by Gasteiger charge is 2.29. The number of hydrogen-bond acceptors (Lipinski definition) is 4. The summed E-state index contributed by atoms with van der Waals surface area (Å²) in [4.78, 5) is 25.3. The number of para-hydroxylation sites is 1. The van der Waals surface area contributed by atoms with Crippen molar-refractivity contribution < 1.29 is 18.7 Å². The summed E-state index contributed by atoms with van der Waals surface area (Å²) in [7, 11) is 0. The van der Waals surface area contributed by atoms with E-state index in [0.29, 0.717) is 39.2 Å². The van der Waals surface area contributed by atoms with E-state index in [9.17, 15) is 14.0 Å². The Morgan fingerprint density at radius 3 is 2.96 bits per heavy atom. The lowest BCUT2D eigenvalue weighted by atomic mass is 10.1. The number of rotatable bonds is 6. The molecule has 1 fully saturated rings. The molecule has 1 saturated heterocycles. The van der Waals surface area contributed by atoms with E-state index in [1.165, 1.54) is 13.0 Å². The Bertz CT molecular complexity index is 553. The Kier molecular flexibility index (Phi) is 6.34. The Balaban J connectivity index is 1.70. The van der Waals surface area contributed by atoms with Crippen molar-refractivity contribution in [2.45, 2.75) is 19.4 Å². The molecule has 0 aliphatic carbocycles. The molecule has 1 aliphatic rings. The highest BCUT2D eigenvalue weighted by Crippen LogP contribution is 2.15. The van der Waals surface area contributed by atoms with Gasteiger partial charge in [-0.1, -0.05) is 12.1 Å². The maximum atomic E-state index is 13.3. The van der Waals surface area contributed by atoms with Crippen LogP contribution in [-0.4, -0.2) is 55.5 Å². The Hall–Kier alpha value is -2.15. The van der Waals surface area contributed by atoms with Crippen molar-refractivity contribution in [2.75, 3.05) is 32.8 Å². The topological polar surface area (TPSA) is 70.7 Å². The molecule has 1 aromatic rings. The van der Waals surface area contributed by atoms with Gasteiger partial charge < -0.3 is 20.3 Å². The highest BCUT2D eigenvalue weighted by atomic mass is 19.1. The minimum Gasteiger partial charge on any atom is -0.490 e. The predicted molar refractivity (Wildman–Crippen MR) is 83.6 cm³/mol. The summed E-state index contributed by atoms with van der Waals surface area (Å²) < 4.78 is 18.7. The van der Waals surface area contributed by atoms with Crippen molar-refractivity contribution in [3.05, 3.63) is 30.1 Å². The first-order valence-corrected chi connectivity index (χ1v) is 7.72. The van der Waals surface area contributed by atoms with Gasteiger partial charge in [-0.15, -0.1) is 0 Å². The fraction of sp³-hybridized carbons (Fsp3) is 0.500. The molecule has 1 aliphatic heterocycles. The zero-order valence-corrected chi connectivity index (χ0v) is 13.2. The van der Waals surface area contributed by atoms with Gasteiger partial charge in [-0.25, -0.2) is 4.39 Å². The van der Waals surface area contributed by atoms with Crippen molar-refractivity contribution >= 4 is 11.8 Å². The molecule has 1 atom stereocenters. The molecule has 7 heteroatoms. The second-order valence-electron chi connectivity index (χ2n) is 5.36. The van der Waals surface area contributed by atoms with Crippen LogP contribution >= 0.6 is 0 Å². The van der Waals surface area contributed by atoms with Gasteiger partial charge in [-0.05, 0) is 18.6 Å². The Labute approximate surface area is 135 Å². The summed E-state index contributed by atoms with van der Waals surface area (Å²) in [6, 6.07) is 5.72. The summed E-state index contributed by atoms with van der Waals surface area (Å²) >= 11 is 0. The molecule has 0 bridgehead atoms. The molecule has 0 spiro atoms. The van der Waals surface area contributed by atoms with Crippen LogP contribution in [0.3, 0.4) is 0 Å². The van der Waals surface area contributed by atoms with Gasteiger partial charge in [0.2, 0.25) is 11.8 Å². The molecule has 2 rings (SSSR count). The SMILES string of the molecule is CC(=O)N1CCNCC1C(=O)NCCCOc1ccccc1F. The number of piperazine rings is 1. The molecule has 23 heavy (non-hydrogen) atoms. The van der Waals surface area contributed by atoms with E-state index >= 15 is 0 Å². The minimum atomic E-state index is -0.478. The van der Waals surface area contributed by atoms with Gasteiger partial charge in [0.25, 0.3) is 0 Å². The summed E-state index contributed by atoms with van der Waals surface area (Å²) in [6.07, 6.45) is 0.556. The number of ether oxygens (including phenoxy) is 1. The zero-order valence-electron chi connectivity index (χ0n) is 13.2. The maximum absolute atomic E-state index is 13.3. The maximum Gasteiger partial charge on any atom is 0.244 e. The molecule has 1 unspecified atom stereocenters. The number of carbonyl (C=O) groups excluding carboxylic acids is 2. The fourth-order valence-electron chi connectivity index (χ4n) is 2.46. The van der Waals surface area contributed by atoms with Gasteiger partial charge in [0.15, 0.2) is 11.6 Å². The van der Waals surface area contributed by atoms with Crippen molar-refractivity contribution in [1.29, 1.82) is 0 Å². The van der Waals surface area contributed by atoms with Gasteiger partial charge in [-0.3, -0.25) is 9.59 Å². The van der Waals surface area contributed by atoms with E-state index in [4.69, 9.17) is 4.74 Å². The van der Waals surface area contributed by atoms with Gasteiger partial charge in [-0.2, -0.15) is 0 Å². The van der Waals surface area contributed by atoms with Crippen LogP contribution in [-0.2, 0) is 9.59 Å². The van der Waals surface area contributed by atoms with Crippen molar-refractivity contribution in [3.63, 3.8) is 0 Å². The van der Waals surface area contributed by atoms with E-state index in [0.717, 1.165) is 0 Å². The highest BCUT2D eigenvalue weighted by molar-refractivity contribution is 5.87. The molecule has 2 N–H and O–H groups in total. The summed E-state index contributed by atoms with van der Waals surface area (Å²) in [5.74, 6) is -0.479. The number of carbonyl (C=O) groups is 2. The fourth-order valence-corrected chi connectivity index (χ4v) is 2.46. The third kappa shape index (κ3) is 4.92. The zero-order chi connectivity index (χ0) is 16.7. The molecular weight excluding hydrogens is 301 g/mol. The number of halogens is 1. The molecule has 0 saturated carbocycles. The van der Waals surface area contributed by atoms with E-state index in [-0.39, 0.29) is 17.6 Å². The first-order valence-electron chi connectivity index (χ1n) is 7.72. The van der Waals surface area contributed by atoms with Gasteiger partial charge in [0.1, 0.15) is 6.04 Å². The van der Waals surface area contributed by atoms with E-state index < -0.39 is 11.9 Å². The van der Waals surface area contributed by atoms with Crippen LogP contribution in [0.15, 0.2) is 24.3 Å². The summed E-state index contributed by atoms with van der Waals surface area (Å²) in [6.45, 7) is 3.87. The van der Waals surface area contributed by atoms with Crippen LogP contribution in [0.5, 0.6) is 5.75 Å². The molecule has 0 radical (unpaired) electrons. The predicted octanol–water partition coefficient (Wildman–Crippen LogP) is 0.531. The van der Waals surface area contributed by atoms with E-state index in [1.807, 2.05) is 0 Å². The van der Waals surface area contributed by atoms with E-state index in [1.54, 1.807) is 23.1 Å². The molecule has 1 heterocycles. The minimum absolute atomic E-state index is 0.102. The summed E-state index contributed by atoms with van der Waals surface area (Å²) in [5, 5.41) is 5.90. The third-order valence-electron chi connectivity index (χ3n) is 3.67. The monoisotopic (exact) mass is 323 g/mol. The second-order valence-corrected chi connectivity index (χ2v) is 5.36. The number of hydrogen-bond donors (Lipinski definition) is 2. The van der Waals surface area contributed by atoms with E-state index in [2.05, 4.69) is 10.6 Å². The van der Waals surface area contributed by atoms with Crippen LogP contribution in [0.25, 0.3) is 0 Å². The van der Waals surface area contributed by atoms with Crippen molar-refractivity contribution in [1.82, 2.24) is 15.5 Å². The van der Waals surface area contributed by atoms with Crippen LogP contribution in [0.2, 0.25) is 0 Å². The molecule has 126 valence electrons. The van der Waals surface area contributed by atoms with Crippen LogP contribution in [0, 0.1) is 5.82 Å².